The largest absolute Gasteiger partial charge is 0.305 e. The van der Waals surface area contributed by atoms with Gasteiger partial charge in [0.1, 0.15) is 5.25 Å². The van der Waals surface area contributed by atoms with E-state index in [0.717, 1.165) is 6.42 Å². The molecule has 52 valence electrons. The molecule has 0 fully saturated rings. The number of hydrogen-bond acceptors (Lipinski definition) is 1. The second kappa shape index (κ2) is 4.54. The first-order valence-electron chi connectivity index (χ1n) is 2.76. The maximum atomic E-state index is 10.2. The van der Waals surface area contributed by atoms with Crippen molar-refractivity contribution in [3.05, 3.63) is 0 Å². The lowest BCUT2D eigenvalue weighted by Gasteiger charge is -1.92. The lowest BCUT2D eigenvalue weighted by molar-refractivity contribution is 0.560. The smallest absolute Gasteiger partial charge is 0.168 e. The van der Waals surface area contributed by atoms with Crippen LogP contribution in [0.3, 0.4) is 0 Å². The van der Waals surface area contributed by atoms with Crippen molar-refractivity contribution < 1.29 is 8.76 Å². The average molecular weight is 146 g/mol. The lowest BCUT2D eigenvalue weighted by atomic mass is 10.4. The molecular weight excluding hydrogens is 136 g/mol. The van der Waals surface area contributed by atoms with E-state index in [9.17, 15) is 4.21 Å². The van der Waals surface area contributed by atoms with Crippen LogP contribution >= 0.6 is 0 Å². The Balaban J connectivity index is 3.75. The Labute approximate surface area is 57.9 Å². The minimum atomic E-state index is -1.79. The predicted octanol–water partition coefficient (Wildman–Crippen LogP) is 1.01. The molecule has 0 saturated heterocycles. The fourth-order valence-corrected chi connectivity index (χ4v) is 0.480. The van der Waals surface area contributed by atoms with Gasteiger partial charge in [-0.05, 0) is 6.92 Å². The molecule has 0 radical (unpaired) electrons. The molecule has 0 aromatic carbocycles. The summed E-state index contributed by atoms with van der Waals surface area (Å²) in [6, 6.07) is 0. The van der Waals surface area contributed by atoms with Gasteiger partial charge in [0, 0.05) is 6.42 Å². The quantitative estimate of drug-likeness (QED) is 0.443. The molecule has 0 saturated carbocycles. The SMILES string of the molecule is CCC#CC(C)S(=O)O. The molecule has 0 amide bonds. The lowest BCUT2D eigenvalue weighted by Crippen LogP contribution is -2.05. The average Bonchev–Trinajstić information content (AvgIpc) is 1.82. The van der Waals surface area contributed by atoms with E-state index < -0.39 is 16.3 Å². The third-order valence-electron chi connectivity index (χ3n) is 0.785. The molecule has 0 aliphatic heterocycles. The van der Waals surface area contributed by atoms with Crippen LogP contribution in [0.15, 0.2) is 0 Å². The van der Waals surface area contributed by atoms with Gasteiger partial charge in [-0.3, -0.25) is 0 Å². The number of rotatable bonds is 1. The van der Waals surface area contributed by atoms with Gasteiger partial charge in [0.25, 0.3) is 0 Å². The Hall–Kier alpha value is -0.330. The zero-order chi connectivity index (χ0) is 7.28. The van der Waals surface area contributed by atoms with Crippen LogP contribution in [0.4, 0.5) is 0 Å². The molecule has 0 bridgehead atoms. The normalized spacial score (nSPS) is 15.4. The van der Waals surface area contributed by atoms with Crippen molar-refractivity contribution in [3.8, 4) is 11.8 Å². The van der Waals surface area contributed by atoms with Crippen LogP contribution in [0.5, 0.6) is 0 Å². The fraction of sp³-hybridized carbons (Fsp3) is 0.667. The highest BCUT2D eigenvalue weighted by Crippen LogP contribution is 1.87. The highest BCUT2D eigenvalue weighted by Gasteiger charge is 2.00. The van der Waals surface area contributed by atoms with Gasteiger partial charge in [-0.25, -0.2) is 4.21 Å². The van der Waals surface area contributed by atoms with Crippen molar-refractivity contribution in [2.24, 2.45) is 0 Å². The summed E-state index contributed by atoms with van der Waals surface area (Å²) in [7, 11) is 0. The molecular formula is C6H10O2S. The molecule has 9 heavy (non-hydrogen) atoms. The van der Waals surface area contributed by atoms with Crippen molar-refractivity contribution >= 4 is 11.1 Å². The maximum Gasteiger partial charge on any atom is 0.168 e. The summed E-state index contributed by atoms with van der Waals surface area (Å²) in [4.78, 5) is 0. The molecule has 0 aliphatic rings. The standard InChI is InChI=1S/C6H10O2S/c1-3-4-5-6(2)9(7)8/h6H,3H2,1-2H3,(H,7,8). The van der Waals surface area contributed by atoms with Gasteiger partial charge in [0.05, 0.1) is 0 Å². The summed E-state index contributed by atoms with van der Waals surface area (Å²) in [5.41, 5.74) is 0. The summed E-state index contributed by atoms with van der Waals surface area (Å²) >= 11 is -1.79. The molecule has 2 nitrogen and oxygen atoms in total. The summed E-state index contributed by atoms with van der Waals surface area (Å²) in [5, 5.41) is -0.412. The minimum absolute atomic E-state index is 0.412. The Morgan fingerprint density at radius 1 is 1.78 bits per heavy atom. The van der Waals surface area contributed by atoms with E-state index in [1.54, 1.807) is 6.92 Å². The molecule has 0 aromatic heterocycles. The third kappa shape index (κ3) is 4.19. The molecule has 2 unspecified atom stereocenters. The van der Waals surface area contributed by atoms with Crippen molar-refractivity contribution in [1.82, 2.24) is 0 Å². The maximum absolute atomic E-state index is 10.2. The molecule has 0 spiro atoms. The van der Waals surface area contributed by atoms with Crippen molar-refractivity contribution in [2.45, 2.75) is 25.5 Å². The monoisotopic (exact) mass is 146 g/mol. The first kappa shape index (κ1) is 8.67. The summed E-state index contributed by atoms with van der Waals surface area (Å²) in [5.74, 6) is 5.36. The van der Waals surface area contributed by atoms with E-state index in [2.05, 4.69) is 11.8 Å². The topological polar surface area (TPSA) is 37.3 Å². The van der Waals surface area contributed by atoms with Gasteiger partial charge >= 0.3 is 0 Å². The van der Waals surface area contributed by atoms with Crippen LogP contribution < -0.4 is 0 Å². The second-order valence-electron chi connectivity index (χ2n) is 1.59. The van der Waals surface area contributed by atoms with Crippen LogP contribution in [0.2, 0.25) is 0 Å². The van der Waals surface area contributed by atoms with Gasteiger partial charge in [-0.1, -0.05) is 12.8 Å². The first-order chi connectivity index (χ1) is 4.18. The molecule has 0 heterocycles. The van der Waals surface area contributed by atoms with Crippen LogP contribution in [-0.2, 0) is 11.1 Å². The molecule has 1 N–H and O–H groups in total. The fourth-order valence-electron chi connectivity index (χ4n) is 0.296. The Morgan fingerprint density at radius 3 is 2.67 bits per heavy atom. The number of hydrogen-bond donors (Lipinski definition) is 1. The van der Waals surface area contributed by atoms with Gasteiger partial charge in [-0.2, -0.15) is 0 Å². The molecule has 0 aromatic rings. The predicted molar refractivity (Wildman–Crippen MR) is 38.3 cm³/mol. The van der Waals surface area contributed by atoms with Crippen molar-refractivity contribution in [3.63, 3.8) is 0 Å². The molecule has 3 heteroatoms. The van der Waals surface area contributed by atoms with Crippen LogP contribution in [0, 0.1) is 11.8 Å². The van der Waals surface area contributed by atoms with Crippen molar-refractivity contribution in [1.29, 1.82) is 0 Å². The van der Waals surface area contributed by atoms with E-state index >= 15 is 0 Å². The van der Waals surface area contributed by atoms with Gasteiger partial charge < -0.3 is 4.55 Å². The van der Waals surface area contributed by atoms with Gasteiger partial charge in [-0.15, -0.1) is 5.92 Å². The summed E-state index contributed by atoms with van der Waals surface area (Å²) in [6.45, 7) is 3.53. The zero-order valence-electron chi connectivity index (χ0n) is 5.55. The van der Waals surface area contributed by atoms with E-state index in [0.29, 0.717) is 0 Å². The Kier molecular flexibility index (Phi) is 4.37. The summed E-state index contributed by atoms with van der Waals surface area (Å²) in [6.07, 6.45) is 0.738. The zero-order valence-corrected chi connectivity index (χ0v) is 6.36. The summed E-state index contributed by atoms with van der Waals surface area (Å²) < 4.78 is 18.6. The highest BCUT2D eigenvalue weighted by atomic mass is 32.2. The second-order valence-corrected chi connectivity index (χ2v) is 2.85. The van der Waals surface area contributed by atoms with Crippen molar-refractivity contribution in [2.75, 3.05) is 0 Å². The Morgan fingerprint density at radius 2 is 2.33 bits per heavy atom. The molecule has 0 aliphatic carbocycles. The third-order valence-corrected chi connectivity index (χ3v) is 1.51. The van der Waals surface area contributed by atoms with Crippen LogP contribution in [0.1, 0.15) is 20.3 Å². The molecule has 0 rings (SSSR count). The Bertz CT molecular complexity index is 154. The van der Waals surface area contributed by atoms with Crippen LogP contribution in [-0.4, -0.2) is 14.0 Å². The first-order valence-corrected chi connectivity index (χ1v) is 3.93. The van der Waals surface area contributed by atoms with E-state index in [1.807, 2.05) is 6.92 Å². The van der Waals surface area contributed by atoms with E-state index in [1.165, 1.54) is 0 Å². The van der Waals surface area contributed by atoms with Crippen LogP contribution in [0.25, 0.3) is 0 Å². The highest BCUT2D eigenvalue weighted by molar-refractivity contribution is 7.80. The van der Waals surface area contributed by atoms with E-state index in [4.69, 9.17) is 4.55 Å². The van der Waals surface area contributed by atoms with Gasteiger partial charge in [0.15, 0.2) is 11.1 Å². The molecule has 2 atom stereocenters. The van der Waals surface area contributed by atoms with E-state index in [-0.39, 0.29) is 0 Å². The minimum Gasteiger partial charge on any atom is -0.305 e. The van der Waals surface area contributed by atoms with Gasteiger partial charge in [0.2, 0.25) is 0 Å².